The molecule has 0 amide bonds. The summed E-state index contributed by atoms with van der Waals surface area (Å²) in [6.07, 6.45) is 0. The van der Waals surface area contributed by atoms with Gasteiger partial charge in [-0.2, -0.15) is 0 Å². The summed E-state index contributed by atoms with van der Waals surface area (Å²) in [5.74, 6) is 1.96. The van der Waals surface area contributed by atoms with E-state index in [1.165, 1.54) is 27.8 Å². The van der Waals surface area contributed by atoms with E-state index in [2.05, 4.69) is 128 Å². The van der Waals surface area contributed by atoms with Crippen molar-refractivity contribution in [3.8, 4) is 0 Å². The van der Waals surface area contributed by atoms with Gasteiger partial charge in [0.1, 0.15) is 0 Å². The lowest BCUT2D eigenvalue weighted by Gasteiger charge is -2.04. The molecule has 0 heterocycles. The van der Waals surface area contributed by atoms with E-state index in [-0.39, 0.29) is 7.43 Å². The van der Waals surface area contributed by atoms with Crippen LogP contribution in [0.2, 0.25) is 0 Å². The van der Waals surface area contributed by atoms with Crippen LogP contribution in [0, 0.1) is 13.8 Å². The predicted octanol–water partition coefficient (Wildman–Crippen LogP) is 9.68. The zero-order valence-corrected chi connectivity index (χ0v) is 19.7. The fourth-order valence-corrected chi connectivity index (χ4v) is 2.82. The van der Waals surface area contributed by atoms with Crippen LogP contribution >= 0.6 is 0 Å². The number of benzene rings is 3. The number of hydrogen-bond acceptors (Lipinski definition) is 0. The third kappa shape index (κ3) is 11.0. The summed E-state index contributed by atoms with van der Waals surface area (Å²) >= 11 is 0. The van der Waals surface area contributed by atoms with Crippen molar-refractivity contribution in [2.45, 2.75) is 80.6 Å². The highest BCUT2D eigenvalue weighted by atomic mass is 14.0. The third-order valence-corrected chi connectivity index (χ3v) is 4.92. The molecule has 0 bridgehead atoms. The molecule has 30 heavy (non-hydrogen) atoms. The Balaban J connectivity index is 0.000000414. The van der Waals surface area contributed by atoms with E-state index in [1.807, 2.05) is 6.07 Å². The van der Waals surface area contributed by atoms with Crippen LogP contribution in [0.5, 0.6) is 0 Å². The summed E-state index contributed by atoms with van der Waals surface area (Å²) in [5, 5.41) is 0. The molecule has 0 atom stereocenters. The lowest BCUT2D eigenvalue weighted by atomic mass is 10.0. The van der Waals surface area contributed by atoms with E-state index in [1.54, 1.807) is 0 Å². The largest absolute Gasteiger partial charge is 0.0776 e. The lowest BCUT2D eigenvalue weighted by molar-refractivity contribution is 0.865. The highest BCUT2D eigenvalue weighted by Crippen LogP contribution is 2.15. The summed E-state index contributed by atoms with van der Waals surface area (Å²) in [5.41, 5.74) is 6.96. The van der Waals surface area contributed by atoms with E-state index in [0.717, 1.165) is 0 Å². The first kappa shape index (κ1) is 27.7. The Bertz CT molecular complexity index is 793. The SMILES string of the molecule is C.CC(C)c1ccccc1.Cc1ccc(C(C)C)cc1.Cc1cccc(C(C)C)c1. The van der Waals surface area contributed by atoms with Gasteiger partial charge in [-0.05, 0) is 48.3 Å². The third-order valence-electron chi connectivity index (χ3n) is 4.92. The molecule has 3 rings (SSSR count). The molecule has 3 aromatic rings. The van der Waals surface area contributed by atoms with Crippen molar-refractivity contribution in [1.29, 1.82) is 0 Å². The van der Waals surface area contributed by atoms with Crippen LogP contribution < -0.4 is 0 Å². The van der Waals surface area contributed by atoms with Crippen molar-refractivity contribution in [2.75, 3.05) is 0 Å². The Hall–Kier alpha value is -2.34. The highest BCUT2D eigenvalue weighted by Gasteiger charge is 1.97. The number of hydrogen-bond donors (Lipinski definition) is 0. The molecule has 0 heteroatoms. The van der Waals surface area contributed by atoms with Crippen LogP contribution in [-0.4, -0.2) is 0 Å². The molecule has 0 aliphatic heterocycles. The van der Waals surface area contributed by atoms with Crippen LogP contribution in [0.4, 0.5) is 0 Å². The Labute approximate surface area is 187 Å². The monoisotopic (exact) mass is 404 g/mol. The standard InChI is InChI=1S/2C10H14.C9H12.CH4/c1-8(2)10-6-4-9(3)5-7-10;1-8(2)10-6-4-5-9(3)7-10;1-8(2)9-6-4-3-5-7-9;/h2*4-8H,1-3H3;3-8H,1-2H3;1H4. The molecule has 0 fully saturated rings. The van der Waals surface area contributed by atoms with Crippen LogP contribution in [0.1, 0.15) is 94.5 Å². The predicted molar refractivity (Wildman–Crippen MR) is 138 cm³/mol. The minimum Gasteiger partial charge on any atom is -0.0776 e. The van der Waals surface area contributed by atoms with E-state index in [4.69, 9.17) is 0 Å². The Morgan fingerprint density at radius 2 is 0.867 bits per heavy atom. The van der Waals surface area contributed by atoms with Crippen LogP contribution in [0.3, 0.4) is 0 Å². The van der Waals surface area contributed by atoms with Gasteiger partial charge in [-0.15, -0.1) is 0 Å². The molecule has 3 aromatic carbocycles. The van der Waals surface area contributed by atoms with E-state index in [9.17, 15) is 0 Å². The summed E-state index contributed by atoms with van der Waals surface area (Å²) in [7, 11) is 0. The molecule has 0 aromatic heterocycles. The smallest absolute Gasteiger partial charge is 0.0219 e. The van der Waals surface area contributed by atoms with Gasteiger partial charge < -0.3 is 0 Å². The van der Waals surface area contributed by atoms with Crippen molar-refractivity contribution in [2.24, 2.45) is 0 Å². The van der Waals surface area contributed by atoms with Crippen LogP contribution in [-0.2, 0) is 0 Å². The molecule has 0 saturated heterocycles. The van der Waals surface area contributed by atoms with Gasteiger partial charge >= 0.3 is 0 Å². The second-order valence-corrected chi connectivity index (χ2v) is 8.70. The summed E-state index contributed by atoms with van der Waals surface area (Å²) < 4.78 is 0. The second kappa shape index (κ2) is 14.6. The van der Waals surface area contributed by atoms with Crippen molar-refractivity contribution < 1.29 is 0 Å². The highest BCUT2D eigenvalue weighted by molar-refractivity contribution is 5.24. The maximum absolute atomic E-state index is 2.24. The molecule has 0 radical (unpaired) electrons. The van der Waals surface area contributed by atoms with Gasteiger partial charge in [0.15, 0.2) is 0 Å². The van der Waals surface area contributed by atoms with Gasteiger partial charge in [0, 0.05) is 0 Å². The van der Waals surface area contributed by atoms with Gasteiger partial charge in [-0.1, -0.05) is 139 Å². The fraction of sp³-hybridized carbons (Fsp3) is 0.400. The van der Waals surface area contributed by atoms with Crippen LogP contribution in [0.25, 0.3) is 0 Å². The van der Waals surface area contributed by atoms with E-state index >= 15 is 0 Å². The Morgan fingerprint density at radius 1 is 0.433 bits per heavy atom. The lowest BCUT2D eigenvalue weighted by Crippen LogP contribution is -1.86. The second-order valence-electron chi connectivity index (χ2n) is 8.70. The molecule has 0 saturated carbocycles. The van der Waals surface area contributed by atoms with Crippen molar-refractivity contribution in [1.82, 2.24) is 0 Å². The van der Waals surface area contributed by atoms with Gasteiger partial charge in [0.25, 0.3) is 0 Å². The van der Waals surface area contributed by atoms with Gasteiger partial charge in [-0.3, -0.25) is 0 Å². The first-order valence-electron chi connectivity index (χ1n) is 10.9. The van der Waals surface area contributed by atoms with Crippen molar-refractivity contribution >= 4 is 0 Å². The van der Waals surface area contributed by atoms with E-state index in [0.29, 0.717) is 17.8 Å². The molecular formula is C30H44. The van der Waals surface area contributed by atoms with E-state index < -0.39 is 0 Å². The summed E-state index contributed by atoms with van der Waals surface area (Å²) in [6, 6.07) is 27.9. The van der Waals surface area contributed by atoms with Crippen molar-refractivity contribution in [3.63, 3.8) is 0 Å². The number of rotatable bonds is 3. The van der Waals surface area contributed by atoms with Gasteiger partial charge in [-0.25, -0.2) is 0 Å². The zero-order valence-electron chi connectivity index (χ0n) is 19.7. The first-order chi connectivity index (χ1) is 13.7. The topological polar surface area (TPSA) is 0 Å². The van der Waals surface area contributed by atoms with Crippen LogP contribution in [0.15, 0.2) is 78.9 Å². The average molecular weight is 405 g/mol. The fourth-order valence-electron chi connectivity index (χ4n) is 2.82. The molecule has 0 nitrogen and oxygen atoms in total. The normalized spacial score (nSPS) is 9.97. The zero-order chi connectivity index (χ0) is 21.8. The van der Waals surface area contributed by atoms with Gasteiger partial charge in [0.2, 0.25) is 0 Å². The average Bonchev–Trinajstić information content (AvgIpc) is 2.70. The molecule has 164 valence electrons. The molecule has 0 aliphatic carbocycles. The maximum atomic E-state index is 2.24. The quantitative estimate of drug-likeness (QED) is 0.407. The summed E-state index contributed by atoms with van der Waals surface area (Å²) in [6.45, 7) is 17.5. The van der Waals surface area contributed by atoms with Gasteiger partial charge in [0.05, 0.1) is 0 Å². The minimum absolute atomic E-state index is 0. The molecule has 0 N–H and O–H groups in total. The molecule has 0 aliphatic rings. The maximum Gasteiger partial charge on any atom is -0.0219 e. The molecule has 0 spiro atoms. The Morgan fingerprint density at radius 3 is 1.23 bits per heavy atom. The minimum atomic E-state index is 0. The summed E-state index contributed by atoms with van der Waals surface area (Å²) in [4.78, 5) is 0. The van der Waals surface area contributed by atoms with Crippen molar-refractivity contribution in [3.05, 3.63) is 107 Å². The molecule has 0 unspecified atom stereocenters. The Kier molecular flexibility index (Phi) is 13.5. The first-order valence-corrected chi connectivity index (χ1v) is 10.9. The molecular weight excluding hydrogens is 360 g/mol. The number of aryl methyl sites for hydroxylation is 2.